The lowest BCUT2D eigenvalue weighted by Crippen LogP contribution is -2.33. The summed E-state index contributed by atoms with van der Waals surface area (Å²) in [5, 5.41) is 9.15. The van der Waals surface area contributed by atoms with Crippen LogP contribution in [0.3, 0.4) is 0 Å². The molecule has 20 heavy (non-hydrogen) atoms. The van der Waals surface area contributed by atoms with E-state index in [1.807, 2.05) is 4.90 Å². The molecule has 0 saturated carbocycles. The van der Waals surface area contributed by atoms with Crippen LogP contribution in [0.1, 0.15) is 24.8 Å². The molecule has 0 amide bonds. The van der Waals surface area contributed by atoms with Gasteiger partial charge >= 0.3 is 12.1 Å². The van der Waals surface area contributed by atoms with Gasteiger partial charge in [-0.15, -0.1) is 0 Å². The first-order valence-electron chi connectivity index (χ1n) is 6.42. The lowest BCUT2D eigenvalue weighted by Gasteiger charge is -2.24. The van der Waals surface area contributed by atoms with Gasteiger partial charge in [-0.05, 0) is 31.4 Å². The highest BCUT2D eigenvalue weighted by molar-refractivity contribution is 5.73. The molecule has 3 atom stereocenters. The van der Waals surface area contributed by atoms with Gasteiger partial charge < -0.3 is 10.0 Å². The maximum atomic E-state index is 12.5. The largest absolute Gasteiger partial charge is 0.481 e. The fourth-order valence-corrected chi connectivity index (χ4v) is 3.32. The number of hydrogen-bond acceptors (Lipinski definition) is 3. The molecular formula is C13H13F3N2O2. The van der Waals surface area contributed by atoms with Crippen LogP contribution in [0.15, 0.2) is 18.3 Å². The predicted octanol–water partition coefficient (Wildman–Crippen LogP) is 2.54. The third-order valence-electron chi connectivity index (χ3n) is 4.19. The SMILES string of the molecule is O=C(O)C1CC2CCC1N2c1ccc(C(F)(F)F)cn1. The summed E-state index contributed by atoms with van der Waals surface area (Å²) < 4.78 is 37.5. The van der Waals surface area contributed by atoms with Crippen molar-refractivity contribution in [3.63, 3.8) is 0 Å². The molecule has 2 aliphatic heterocycles. The highest BCUT2D eigenvalue weighted by Crippen LogP contribution is 2.44. The van der Waals surface area contributed by atoms with E-state index >= 15 is 0 Å². The molecule has 3 unspecified atom stereocenters. The van der Waals surface area contributed by atoms with Gasteiger partial charge in [0.25, 0.3) is 0 Å². The molecule has 0 aromatic carbocycles. The lowest BCUT2D eigenvalue weighted by molar-refractivity contribution is -0.142. The average Bonchev–Trinajstić information content (AvgIpc) is 2.95. The maximum absolute atomic E-state index is 12.5. The first kappa shape index (κ1) is 13.2. The summed E-state index contributed by atoms with van der Waals surface area (Å²) >= 11 is 0. The summed E-state index contributed by atoms with van der Waals surface area (Å²) in [6.45, 7) is 0. The molecule has 2 bridgehead atoms. The molecule has 7 heteroatoms. The normalized spacial score (nSPS) is 28.9. The van der Waals surface area contributed by atoms with Gasteiger partial charge in [0.05, 0.1) is 11.5 Å². The van der Waals surface area contributed by atoms with Gasteiger partial charge in [-0.3, -0.25) is 4.79 Å². The first-order valence-corrected chi connectivity index (χ1v) is 6.42. The molecular weight excluding hydrogens is 273 g/mol. The van der Waals surface area contributed by atoms with E-state index in [0.717, 1.165) is 25.1 Å². The number of rotatable bonds is 2. The molecule has 1 aromatic heterocycles. The van der Waals surface area contributed by atoms with Crippen LogP contribution in [-0.2, 0) is 11.0 Å². The number of hydrogen-bond donors (Lipinski definition) is 1. The number of halogens is 3. The Morgan fingerprint density at radius 3 is 2.60 bits per heavy atom. The van der Waals surface area contributed by atoms with Crippen LogP contribution >= 0.6 is 0 Å². The van der Waals surface area contributed by atoms with Crippen LogP contribution < -0.4 is 4.90 Å². The Labute approximate surface area is 113 Å². The second kappa shape index (κ2) is 4.36. The minimum atomic E-state index is -4.40. The van der Waals surface area contributed by atoms with Crippen LogP contribution in [-0.4, -0.2) is 28.1 Å². The molecule has 0 aliphatic carbocycles. The Morgan fingerprint density at radius 2 is 2.10 bits per heavy atom. The van der Waals surface area contributed by atoms with Gasteiger partial charge in [0.1, 0.15) is 5.82 Å². The van der Waals surface area contributed by atoms with Gasteiger partial charge in [0.15, 0.2) is 0 Å². The Bertz CT molecular complexity index is 529. The Hall–Kier alpha value is -1.79. The number of carboxylic acids is 1. The summed E-state index contributed by atoms with van der Waals surface area (Å²) in [5.41, 5.74) is -0.789. The van der Waals surface area contributed by atoms with E-state index in [2.05, 4.69) is 4.98 Å². The summed E-state index contributed by atoms with van der Waals surface area (Å²) in [7, 11) is 0. The molecule has 2 fully saturated rings. The molecule has 2 saturated heterocycles. The number of anilines is 1. The Balaban J connectivity index is 1.86. The number of fused-ring (bicyclic) bond motifs is 2. The maximum Gasteiger partial charge on any atom is 0.417 e. The highest BCUT2D eigenvalue weighted by Gasteiger charge is 2.49. The smallest absolute Gasteiger partial charge is 0.417 e. The summed E-state index contributed by atoms with van der Waals surface area (Å²) in [6, 6.07) is 2.25. The molecule has 0 spiro atoms. The zero-order valence-corrected chi connectivity index (χ0v) is 10.5. The zero-order valence-electron chi connectivity index (χ0n) is 10.5. The number of pyridine rings is 1. The van der Waals surface area contributed by atoms with Crippen LogP contribution in [0.5, 0.6) is 0 Å². The number of carboxylic acid groups (broad SMARTS) is 1. The van der Waals surface area contributed by atoms with Crippen molar-refractivity contribution in [1.29, 1.82) is 0 Å². The quantitative estimate of drug-likeness (QED) is 0.907. The Kier molecular flexibility index (Phi) is 2.88. The number of alkyl halides is 3. The second-order valence-corrected chi connectivity index (χ2v) is 5.29. The van der Waals surface area contributed by atoms with Crippen molar-refractivity contribution in [2.45, 2.75) is 37.5 Å². The van der Waals surface area contributed by atoms with Gasteiger partial charge in [-0.25, -0.2) is 4.98 Å². The van der Waals surface area contributed by atoms with Crippen molar-refractivity contribution in [2.24, 2.45) is 5.92 Å². The molecule has 1 N–H and O–H groups in total. The number of nitrogens with zero attached hydrogens (tertiary/aromatic N) is 2. The van der Waals surface area contributed by atoms with Crippen molar-refractivity contribution in [2.75, 3.05) is 4.90 Å². The van der Waals surface area contributed by atoms with E-state index in [9.17, 15) is 18.0 Å². The number of carbonyl (C=O) groups is 1. The molecule has 2 aliphatic rings. The van der Waals surface area contributed by atoms with Gasteiger partial charge in [0, 0.05) is 18.3 Å². The third-order valence-corrected chi connectivity index (χ3v) is 4.19. The van der Waals surface area contributed by atoms with E-state index < -0.39 is 23.6 Å². The summed E-state index contributed by atoms with van der Waals surface area (Å²) in [5.74, 6) is -0.846. The van der Waals surface area contributed by atoms with E-state index in [0.29, 0.717) is 12.2 Å². The minimum absolute atomic E-state index is 0.0744. The number of aromatic nitrogens is 1. The fraction of sp³-hybridized carbons (Fsp3) is 0.538. The zero-order chi connectivity index (χ0) is 14.5. The van der Waals surface area contributed by atoms with Crippen LogP contribution in [0.25, 0.3) is 0 Å². The monoisotopic (exact) mass is 286 g/mol. The van der Waals surface area contributed by atoms with E-state index in [1.165, 1.54) is 6.07 Å². The van der Waals surface area contributed by atoms with Crippen LogP contribution in [0, 0.1) is 5.92 Å². The summed E-state index contributed by atoms with van der Waals surface area (Å²) in [6.07, 6.45) is -1.42. The summed E-state index contributed by atoms with van der Waals surface area (Å²) in [4.78, 5) is 16.9. The second-order valence-electron chi connectivity index (χ2n) is 5.29. The van der Waals surface area contributed by atoms with Crippen molar-refractivity contribution in [3.05, 3.63) is 23.9 Å². The van der Waals surface area contributed by atoms with Crippen molar-refractivity contribution < 1.29 is 23.1 Å². The fourth-order valence-electron chi connectivity index (χ4n) is 3.32. The third kappa shape index (κ3) is 2.01. The molecule has 108 valence electrons. The highest BCUT2D eigenvalue weighted by atomic mass is 19.4. The lowest BCUT2D eigenvalue weighted by atomic mass is 9.89. The van der Waals surface area contributed by atoms with E-state index in [1.54, 1.807) is 0 Å². The first-order chi connectivity index (χ1) is 9.38. The van der Waals surface area contributed by atoms with Crippen LogP contribution in [0.2, 0.25) is 0 Å². The van der Waals surface area contributed by atoms with Crippen LogP contribution in [0.4, 0.5) is 19.0 Å². The molecule has 4 nitrogen and oxygen atoms in total. The van der Waals surface area contributed by atoms with Gasteiger partial charge in [-0.1, -0.05) is 0 Å². The van der Waals surface area contributed by atoms with Crippen molar-refractivity contribution >= 4 is 11.8 Å². The Morgan fingerprint density at radius 1 is 1.35 bits per heavy atom. The molecule has 0 radical (unpaired) electrons. The van der Waals surface area contributed by atoms with E-state index in [4.69, 9.17) is 5.11 Å². The van der Waals surface area contributed by atoms with E-state index in [-0.39, 0.29) is 12.1 Å². The standard InChI is InChI=1S/C13H13F3N2O2/c14-13(15,16)7-1-4-11(17-6-7)18-8-2-3-10(18)9(5-8)12(19)20/h1,4,6,8-10H,2-3,5H2,(H,19,20). The van der Waals surface area contributed by atoms with Gasteiger partial charge in [-0.2, -0.15) is 13.2 Å². The molecule has 1 aromatic rings. The minimum Gasteiger partial charge on any atom is -0.481 e. The van der Waals surface area contributed by atoms with Crippen molar-refractivity contribution in [3.8, 4) is 0 Å². The average molecular weight is 286 g/mol. The van der Waals surface area contributed by atoms with Crippen molar-refractivity contribution in [1.82, 2.24) is 4.98 Å². The number of aliphatic carboxylic acids is 1. The van der Waals surface area contributed by atoms with Gasteiger partial charge in [0.2, 0.25) is 0 Å². The molecule has 3 heterocycles. The predicted molar refractivity (Wildman–Crippen MR) is 64.3 cm³/mol. The molecule has 3 rings (SSSR count). The topological polar surface area (TPSA) is 53.4 Å².